The van der Waals surface area contributed by atoms with Gasteiger partial charge in [0.05, 0.1) is 5.39 Å². The quantitative estimate of drug-likeness (QED) is 0.495. The third kappa shape index (κ3) is 2.05. The van der Waals surface area contributed by atoms with Crippen LogP contribution >= 0.6 is 23.1 Å². The molecule has 100 valence electrons. The predicted octanol–water partition coefficient (Wildman–Crippen LogP) is 3.24. The molecule has 3 nitrogen and oxygen atoms in total. The highest BCUT2D eigenvalue weighted by Gasteiger charge is 2.21. The molecule has 1 aliphatic carbocycles. The Morgan fingerprint density at radius 3 is 3.00 bits per heavy atom. The van der Waals surface area contributed by atoms with E-state index >= 15 is 0 Å². The smallest absolute Gasteiger partial charge is 0.263 e. The van der Waals surface area contributed by atoms with Gasteiger partial charge < -0.3 is 0 Å². The lowest BCUT2D eigenvalue weighted by molar-refractivity contribution is 0.669. The van der Waals surface area contributed by atoms with Gasteiger partial charge in [-0.3, -0.25) is 9.36 Å². The minimum atomic E-state index is 0.105. The zero-order chi connectivity index (χ0) is 13.4. The molecular weight excluding hydrogens is 276 g/mol. The number of nitrogens with zero attached hydrogens (tertiary/aromatic N) is 2. The highest BCUT2D eigenvalue weighted by Crippen LogP contribution is 2.34. The maximum Gasteiger partial charge on any atom is 0.263 e. The molecule has 5 heteroatoms. The first-order chi connectivity index (χ1) is 9.26. The molecule has 0 saturated heterocycles. The summed E-state index contributed by atoms with van der Waals surface area (Å²) in [4.78, 5) is 19.7. The summed E-state index contributed by atoms with van der Waals surface area (Å²) in [6.07, 6.45) is 8.26. The molecule has 0 bridgehead atoms. The van der Waals surface area contributed by atoms with Crippen molar-refractivity contribution in [3.8, 4) is 0 Å². The van der Waals surface area contributed by atoms with Crippen LogP contribution in [-0.4, -0.2) is 15.8 Å². The van der Waals surface area contributed by atoms with E-state index in [1.807, 2.05) is 6.26 Å². The van der Waals surface area contributed by atoms with Crippen molar-refractivity contribution < 1.29 is 0 Å². The molecule has 0 unspecified atom stereocenters. The van der Waals surface area contributed by atoms with E-state index in [4.69, 9.17) is 0 Å². The fourth-order valence-electron chi connectivity index (χ4n) is 2.67. The number of thioether (sulfide) groups is 1. The monoisotopic (exact) mass is 292 g/mol. The van der Waals surface area contributed by atoms with Crippen LogP contribution in [0.2, 0.25) is 0 Å². The summed E-state index contributed by atoms with van der Waals surface area (Å²) in [6, 6.07) is 0. The number of hydrogen-bond acceptors (Lipinski definition) is 4. The maximum absolute atomic E-state index is 12.7. The van der Waals surface area contributed by atoms with E-state index < -0.39 is 0 Å². The first-order valence-corrected chi connectivity index (χ1v) is 8.50. The van der Waals surface area contributed by atoms with Gasteiger partial charge in [0.1, 0.15) is 4.83 Å². The van der Waals surface area contributed by atoms with E-state index in [1.54, 1.807) is 22.0 Å². The van der Waals surface area contributed by atoms with Crippen molar-refractivity contribution >= 4 is 33.3 Å². The number of aryl methyl sites for hydroxylation is 2. The lowest BCUT2D eigenvalue weighted by Crippen LogP contribution is -2.23. The molecule has 2 aromatic heterocycles. The number of allylic oxidation sites excluding steroid dienone is 1. The SMILES string of the molecule is C=CCn1c(SC)nc2sc3c(c2c1=O)CCCC3. The van der Waals surface area contributed by atoms with Gasteiger partial charge in [0, 0.05) is 11.4 Å². The molecule has 0 radical (unpaired) electrons. The van der Waals surface area contributed by atoms with Gasteiger partial charge in [-0.25, -0.2) is 4.98 Å². The minimum Gasteiger partial charge on any atom is -0.283 e. The van der Waals surface area contributed by atoms with E-state index in [1.165, 1.54) is 35.0 Å². The Hall–Kier alpha value is -1.07. The van der Waals surface area contributed by atoms with Crippen molar-refractivity contribution in [3.63, 3.8) is 0 Å². The van der Waals surface area contributed by atoms with E-state index in [-0.39, 0.29) is 5.56 Å². The van der Waals surface area contributed by atoms with Crippen LogP contribution in [0.4, 0.5) is 0 Å². The van der Waals surface area contributed by atoms with Crippen LogP contribution in [0.3, 0.4) is 0 Å². The molecule has 2 aromatic rings. The topological polar surface area (TPSA) is 34.9 Å². The average Bonchev–Trinajstić information content (AvgIpc) is 2.80. The molecule has 19 heavy (non-hydrogen) atoms. The second-order valence-electron chi connectivity index (χ2n) is 4.69. The van der Waals surface area contributed by atoms with Gasteiger partial charge in [0.2, 0.25) is 0 Å². The van der Waals surface area contributed by atoms with Gasteiger partial charge >= 0.3 is 0 Å². The molecule has 0 spiro atoms. The summed E-state index contributed by atoms with van der Waals surface area (Å²) in [5.74, 6) is 0. The largest absolute Gasteiger partial charge is 0.283 e. The van der Waals surface area contributed by atoms with Gasteiger partial charge in [0.25, 0.3) is 5.56 Å². The van der Waals surface area contributed by atoms with Crippen LogP contribution in [0.1, 0.15) is 23.3 Å². The number of fused-ring (bicyclic) bond motifs is 3. The fourth-order valence-corrected chi connectivity index (χ4v) is 4.54. The average molecular weight is 292 g/mol. The number of hydrogen-bond donors (Lipinski definition) is 0. The van der Waals surface area contributed by atoms with E-state index in [0.717, 1.165) is 28.2 Å². The summed E-state index contributed by atoms with van der Waals surface area (Å²) in [5, 5.41) is 1.65. The van der Waals surface area contributed by atoms with Crippen LogP contribution in [0.25, 0.3) is 10.2 Å². The third-order valence-corrected chi connectivity index (χ3v) is 5.40. The normalized spacial score (nSPS) is 14.6. The predicted molar refractivity (Wildman–Crippen MR) is 82.5 cm³/mol. The summed E-state index contributed by atoms with van der Waals surface area (Å²) < 4.78 is 1.74. The Kier molecular flexibility index (Phi) is 3.50. The van der Waals surface area contributed by atoms with E-state index in [2.05, 4.69) is 11.6 Å². The molecule has 2 heterocycles. The van der Waals surface area contributed by atoms with Crippen LogP contribution < -0.4 is 5.56 Å². The Bertz CT molecular complexity index is 700. The summed E-state index contributed by atoms with van der Waals surface area (Å²) in [7, 11) is 0. The second kappa shape index (κ2) is 5.13. The van der Waals surface area contributed by atoms with Gasteiger partial charge in [-0.1, -0.05) is 17.8 Å². The van der Waals surface area contributed by atoms with Crippen molar-refractivity contribution in [2.75, 3.05) is 6.26 Å². The first-order valence-electron chi connectivity index (χ1n) is 6.46. The molecule has 0 fully saturated rings. The molecule has 3 rings (SSSR count). The lowest BCUT2D eigenvalue weighted by Gasteiger charge is -2.11. The zero-order valence-corrected chi connectivity index (χ0v) is 12.6. The van der Waals surface area contributed by atoms with Crippen LogP contribution in [0.5, 0.6) is 0 Å². The van der Waals surface area contributed by atoms with Gasteiger partial charge in [-0.15, -0.1) is 17.9 Å². The molecule has 0 saturated carbocycles. The van der Waals surface area contributed by atoms with Gasteiger partial charge in [-0.2, -0.15) is 0 Å². The van der Waals surface area contributed by atoms with Crippen molar-refractivity contribution in [2.45, 2.75) is 37.4 Å². The van der Waals surface area contributed by atoms with Crippen molar-refractivity contribution in [3.05, 3.63) is 33.4 Å². The Labute approximate surface area is 120 Å². The van der Waals surface area contributed by atoms with E-state index in [0.29, 0.717) is 6.54 Å². The highest BCUT2D eigenvalue weighted by molar-refractivity contribution is 7.98. The van der Waals surface area contributed by atoms with Crippen LogP contribution in [0, 0.1) is 0 Å². The van der Waals surface area contributed by atoms with Crippen LogP contribution in [0.15, 0.2) is 22.6 Å². The highest BCUT2D eigenvalue weighted by atomic mass is 32.2. The van der Waals surface area contributed by atoms with Crippen molar-refractivity contribution in [1.82, 2.24) is 9.55 Å². The molecule has 0 aromatic carbocycles. The van der Waals surface area contributed by atoms with Gasteiger partial charge in [0.15, 0.2) is 5.16 Å². The summed E-state index contributed by atoms with van der Waals surface area (Å²) in [6.45, 7) is 4.26. The first kappa shape index (κ1) is 12.9. The van der Waals surface area contributed by atoms with Gasteiger partial charge in [-0.05, 0) is 37.5 Å². The van der Waals surface area contributed by atoms with Crippen molar-refractivity contribution in [2.24, 2.45) is 0 Å². The van der Waals surface area contributed by atoms with Crippen molar-refractivity contribution in [1.29, 1.82) is 0 Å². The molecule has 1 aliphatic rings. The second-order valence-corrected chi connectivity index (χ2v) is 6.55. The van der Waals surface area contributed by atoms with E-state index in [9.17, 15) is 4.79 Å². The lowest BCUT2D eigenvalue weighted by atomic mass is 9.97. The minimum absolute atomic E-state index is 0.105. The Morgan fingerprint density at radius 2 is 2.26 bits per heavy atom. The third-order valence-electron chi connectivity index (χ3n) is 3.53. The fraction of sp³-hybridized carbons (Fsp3) is 0.429. The van der Waals surface area contributed by atoms with Crippen LogP contribution in [-0.2, 0) is 19.4 Å². The molecule has 0 atom stereocenters. The maximum atomic E-state index is 12.7. The number of aromatic nitrogens is 2. The number of rotatable bonds is 3. The summed E-state index contributed by atoms with van der Waals surface area (Å²) in [5.41, 5.74) is 1.36. The zero-order valence-electron chi connectivity index (χ0n) is 10.9. The molecule has 0 amide bonds. The Balaban J connectivity index is 2.34. The molecule has 0 aliphatic heterocycles. The molecule has 0 N–H and O–H groups in total. The number of thiophene rings is 1. The standard InChI is InChI=1S/C14H16N2OS2/c1-3-8-16-13(17)11-9-6-4-5-7-10(9)19-12(11)15-14(16)18-2/h3H,1,4-8H2,2H3. The molecular formula is C14H16N2OS2. The Morgan fingerprint density at radius 1 is 1.47 bits per heavy atom. The summed E-state index contributed by atoms with van der Waals surface area (Å²) >= 11 is 3.23.